The Balaban J connectivity index is 2.33. The molecular weight excluding hydrogens is 174 g/mol. The van der Waals surface area contributed by atoms with Crippen molar-refractivity contribution >= 4 is 11.6 Å². The second-order valence-electron chi connectivity index (χ2n) is 2.69. The highest BCUT2D eigenvalue weighted by Gasteiger charge is 2.39. The summed E-state index contributed by atoms with van der Waals surface area (Å²) in [6.07, 6.45) is 0. The fourth-order valence-electron chi connectivity index (χ4n) is 1.06. The van der Waals surface area contributed by atoms with Crippen LogP contribution in [0.4, 0.5) is 0 Å². The molecule has 12 heavy (non-hydrogen) atoms. The van der Waals surface area contributed by atoms with Gasteiger partial charge < -0.3 is 5.73 Å². The van der Waals surface area contributed by atoms with Crippen molar-refractivity contribution in [3.05, 3.63) is 35.4 Å². The zero-order valence-electron chi connectivity index (χ0n) is 6.37. The van der Waals surface area contributed by atoms with Gasteiger partial charge in [-0.2, -0.15) is 0 Å². The van der Waals surface area contributed by atoms with Gasteiger partial charge in [0.05, 0.1) is 0 Å². The maximum atomic E-state index is 5.92. The molecule has 0 radical (unpaired) electrons. The van der Waals surface area contributed by atoms with E-state index in [0.29, 0.717) is 6.54 Å². The van der Waals surface area contributed by atoms with E-state index in [0.717, 1.165) is 11.1 Å². The Labute approximate surface area is 75.2 Å². The van der Waals surface area contributed by atoms with Gasteiger partial charge in [0.2, 0.25) is 0 Å². The molecule has 0 saturated heterocycles. The lowest BCUT2D eigenvalue weighted by atomic mass is 10.1. The van der Waals surface area contributed by atoms with Gasteiger partial charge in [0.1, 0.15) is 0 Å². The molecule has 0 saturated carbocycles. The summed E-state index contributed by atoms with van der Waals surface area (Å²) in [6.45, 7) is 0.515. The average molecular weight is 182 g/mol. The van der Waals surface area contributed by atoms with E-state index in [-0.39, 0.29) is 0 Å². The molecule has 4 heteroatoms. The van der Waals surface area contributed by atoms with E-state index in [2.05, 4.69) is 10.2 Å². The number of alkyl halides is 1. The first-order chi connectivity index (χ1) is 5.74. The minimum absolute atomic E-state index is 0.515. The molecule has 1 aliphatic heterocycles. The van der Waals surface area contributed by atoms with E-state index in [1.54, 1.807) is 0 Å². The van der Waals surface area contributed by atoms with Crippen molar-refractivity contribution < 1.29 is 0 Å². The zero-order valence-corrected chi connectivity index (χ0v) is 7.12. The number of nitrogens with two attached hydrogens (primary N) is 1. The molecule has 0 aliphatic carbocycles. The first-order valence-electron chi connectivity index (χ1n) is 3.67. The van der Waals surface area contributed by atoms with Crippen molar-refractivity contribution in [2.45, 2.75) is 11.7 Å². The first kappa shape index (κ1) is 7.71. The number of benzene rings is 1. The maximum absolute atomic E-state index is 5.92. The molecule has 3 nitrogen and oxygen atoms in total. The predicted octanol–water partition coefficient (Wildman–Crippen LogP) is 1.96. The van der Waals surface area contributed by atoms with Gasteiger partial charge in [-0.3, -0.25) is 0 Å². The Bertz CT molecular complexity index is 329. The molecule has 0 amide bonds. The lowest BCUT2D eigenvalue weighted by Crippen LogP contribution is -2.01. The number of rotatable bonds is 2. The first-order valence-corrected chi connectivity index (χ1v) is 4.05. The van der Waals surface area contributed by atoms with Crippen LogP contribution in [0, 0.1) is 0 Å². The van der Waals surface area contributed by atoms with Crippen molar-refractivity contribution in [1.82, 2.24) is 0 Å². The van der Waals surface area contributed by atoms with Gasteiger partial charge in [0.15, 0.2) is 0 Å². The Morgan fingerprint density at radius 3 is 2.75 bits per heavy atom. The van der Waals surface area contributed by atoms with Crippen molar-refractivity contribution in [1.29, 1.82) is 0 Å². The van der Waals surface area contributed by atoms with E-state index >= 15 is 0 Å². The Morgan fingerprint density at radius 1 is 1.42 bits per heavy atom. The summed E-state index contributed by atoms with van der Waals surface area (Å²) in [6, 6.07) is 7.68. The van der Waals surface area contributed by atoms with Crippen LogP contribution in [-0.2, 0) is 11.7 Å². The highest BCUT2D eigenvalue weighted by atomic mass is 35.5. The lowest BCUT2D eigenvalue weighted by Gasteiger charge is -2.03. The van der Waals surface area contributed by atoms with Crippen LogP contribution in [0.2, 0.25) is 0 Å². The Morgan fingerprint density at radius 2 is 2.17 bits per heavy atom. The van der Waals surface area contributed by atoms with E-state index in [4.69, 9.17) is 17.3 Å². The van der Waals surface area contributed by atoms with E-state index in [9.17, 15) is 0 Å². The van der Waals surface area contributed by atoms with Gasteiger partial charge in [0.25, 0.3) is 5.12 Å². The van der Waals surface area contributed by atoms with Crippen LogP contribution >= 0.6 is 11.6 Å². The highest BCUT2D eigenvalue weighted by molar-refractivity contribution is 6.24. The van der Waals surface area contributed by atoms with Crippen molar-refractivity contribution in [3.63, 3.8) is 0 Å². The van der Waals surface area contributed by atoms with Crippen LogP contribution < -0.4 is 5.73 Å². The molecule has 1 aromatic carbocycles. The average Bonchev–Trinajstić information content (AvgIpc) is 2.85. The summed E-state index contributed by atoms with van der Waals surface area (Å²) in [4.78, 5) is 0. The molecule has 0 bridgehead atoms. The topological polar surface area (TPSA) is 50.7 Å². The molecule has 0 aromatic heterocycles. The molecule has 62 valence electrons. The number of halogens is 1. The van der Waals surface area contributed by atoms with E-state index < -0.39 is 5.12 Å². The van der Waals surface area contributed by atoms with Crippen LogP contribution in [0.25, 0.3) is 0 Å². The van der Waals surface area contributed by atoms with Crippen LogP contribution in [0.5, 0.6) is 0 Å². The fraction of sp³-hybridized carbons (Fsp3) is 0.250. The minimum atomic E-state index is -0.800. The summed E-state index contributed by atoms with van der Waals surface area (Å²) in [5, 5.41) is 6.66. The van der Waals surface area contributed by atoms with Gasteiger partial charge in [-0.05, 0) is 11.6 Å². The third-order valence-electron chi connectivity index (χ3n) is 1.81. The molecule has 2 N–H and O–H groups in total. The molecule has 1 heterocycles. The summed E-state index contributed by atoms with van der Waals surface area (Å²) >= 11 is 5.92. The molecule has 1 aliphatic rings. The third-order valence-corrected chi connectivity index (χ3v) is 2.17. The van der Waals surface area contributed by atoms with Crippen LogP contribution in [-0.4, -0.2) is 0 Å². The van der Waals surface area contributed by atoms with Crippen molar-refractivity contribution in [2.75, 3.05) is 0 Å². The summed E-state index contributed by atoms with van der Waals surface area (Å²) in [5.74, 6) is 0. The normalized spacial score (nSPS) is 17.8. The smallest absolute Gasteiger partial charge is 0.289 e. The fourth-order valence-corrected chi connectivity index (χ4v) is 1.21. The summed E-state index contributed by atoms with van der Waals surface area (Å²) in [5.41, 5.74) is 7.42. The molecule has 0 spiro atoms. The minimum Gasteiger partial charge on any atom is -0.326 e. The van der Waals surface area contributed by atoms with E-state index in [1.165, 1.54) is 0 Å². The largest absolute Gasteiger partial charge is 0.326 e. The monoisotopic (exact) mass is 181 g/mol. The molecule has 0 unspecified atom stereocenters. The highest BCUT2D eigenvalue weighted by Crippen LogP contribution is 2.43. The van der Waals surface area contributed by atoms with Gasteiger partial charge in [0, 0.05) is 12.1 Å². The van der Waals surface area contributed by atoms with Gasteiger partial charge in [-0.1, -0.05) is 29.8 Å². The van der Waals surface area contributed by atoms with Crippen LogP contribution in [0.1, 0.15) is 11.1 Å². The summed E-state index contributed by atoms with van der Waals surface area (Å²) < 4.78 is 0. The maximum Gasteiger partial charge on any atom is 0.289 e. The molecule has 1 aromatic rings. The van der Waals surface area contributed by atoms with Gasteiger partial charge in [-0.25, -0.2) is 0 Å². The Hall–Kier alpha value is -0.930. The van der Waals surface area contributed by atoms with Crippen LogP contribution in [0.3, 0.4) is 0 Å². The Kier molecular flexibility index (Phi) is 1.63. The quantitative estimate of drug-likeness (QED) is 0.550. The zero-order chi connectivity index (χ0) is 8.60. The van der Waals surface area contributed by atoms with Gasteiger partial charge >= 0.3 is 0 Å². The molecule has 2 rings (SSSR count). The predicted molar refractivity (Wildman–Crippen MR) is 46.7 cm³/mol. The number of hydrogen-bond donors (Lipinski definition) is 1. The molecule has 0 atom stereocenters. The van der Waals surface area contributed by atoms with Gasteiger partial charge in [-0.15, -0.1) is 10.2 Å². The van der Waals surface area contributed by atoms with Crippen LogP contribution in [0.15, 0.2) is 34.5 Å². The van der Waals surface area contributed by atoms with Crippen molar-refractivity contribution in [3.8, 4) is 0 Å². The van der Waals surface area contributed by atoms with E-state index in [1.807, 2.05) is 24.3 Å². The standard InChI is InChI=1S/C8H8ClN3/c9-8(11-12-8)7-3-1-2-6(4-7)5-10/h1-4H,5,10H2. The lowest BCUT2D eigenvalue weighted by molar-refractivity contribution is 0.929. The SMILES string of the molecule is NCc1cccc(C2(Cl)N=N2)c1. The second kappa shape index (κ2) is 2.54. The third kappa shape index (κ3) is 1.21. The number of hydrogen-bond acceptors (Lipinski definition) is 3. The van der Waals surface area contributed by atoms with Crippen molar-refractivity contribution in [2.24, 2.45) is 16.0 Å². The summed E-state index contributed by atoms with van der Waals surface area (Å²) in [7, 11) is 0. The molecule has 0 fully saturated rings. The molecular formula is C8H8ClN3. The number of nitrogens with zero attached hydrogens (tertiary/aromatic N) is 2. The second-order valence-corrected chi connectivity index (χ2v) is 3.22.